The average molecular weight is 328 g/mol. The van der Waals surface area contributed by atoms with Gasteiger partial charge in [0.15, 0.2) is 5.56 Å². The third-order valence-electron chi connectivity index (χ3n) is 3.82. The van der Waals surface area contributed by atoms with E-state index in [4.69, 9.17) is 4.74 Å². The minimum atomic E-state index is -0.595. The van der Waals surface area contributed by atoms with Crippen LogP contribution in [0.25, 0.3) is 0 Å². The molecule has 24 heavy (non-hydrogen) atoms. The van der Waals surface area contributed by atoms with E-state index in [1.807, 2.05) is 37.3 Å². The number of likely N-dealkylation sites (N-methyl/N-ethyl adjacent to an activating group) is 1. The first-order valence-electron chi connectivity index (χ1n) is 7.47. The lowest BCUT2D eigenvalue weighted by atomic mass is 10.2. The van der Waals surface area contributed by atoms with E-state index in [-0.39, 0.29) is 11.4 Å². The second-order valence-corrected chi connectivity index (χ2v) is 5.60. The van der Waals surface area contributed by atoms with Crippen LogP contribution < -0.4 is 20.9 Å². The van der Waals surface area contributed by atoms with Crippen LogP contribution in [0.1, 0.15) is 11.1 Å². The van der Waals surface area contributed by atoms with Crippen LogP contribution in [0.4, 0.5) is 5.82 Å². The summed E-state index contributed by atoms with van der Waals surface area (Å²) in [6.07, 6.45) is 0. The van der Waals surface area contributed by atoms with E-state index in [0.717, 1.165) is 15.9 Å². The summed E-state index contributed by atoms with van der Waals surface area (Å²) in [5.74, 6) is 1.03. The Labute approximate surface area is 139 Å². The predicted octanol–water partition coefficient (Wildman–Crippen LogP) is 0.779. The van der Waals surface area contributed by atoms with Crippen LogP contribution in [0.5, 0.6) is 5.75 Å². The van der Waals surface area contributed by atoms with Gasteiger partial charge >= 0.3 is 5.69 Å². The van der Waals surface area contributed by atoms with Gasteiger partial charge in [-0.15, -0.1) is 0 Å². The van der Waals surface area contributed by atoms with Crippen molar-refractivity contribution in [2.75, 3.05) is 25.1 Å². The summed E-state index contributed by atoms with van der Waals surface area (Å²) in [5.41, 5.74) is 0.0212. The van der Waals surface area contributed by atoms with Crippen LogP contribution >= 0.6 is 0 Å². The summed E-state index contributed by atoms with van der Waals surface area (Å²) in [5, 5.41) is 9.28. The van der Waals surface area contributed by atoms with Crippen molar-refractivity contribution < 1.29 is 4.74 Å². The van der Waals surface area contributed by atoms with Crippen molar-refractivity contribution in [1.82, 2.24) is 9.13 Å². The third kappa shape index (κ3) is 3.33. The molecule has 0 N–H and O–H groups in total. The Hall–Kier alpha value is -3.01. The molecule has 0 spiro atoms. The first kappa shape index (κ1) is 17.3. The van der Waals surface area contributed by atoms with Gasteiger partial charge in [0.2, 0.25) is 0 Å². The van der Waals surface area contributed by atoms with Crippen molar-refractivity contribution in [2.24, 2.45) is 14.1 Å². The number of hydrogen-bond donors (Lipinski definition) is 0. The molecule has 1 aromatic carbocycles. The highest BCUT2D eigenvalue weighted by molar-refractivity contribution is 5.52. The molecule has 0 radical (unpaired) electrons. The summed E-state index contributed by atoms with van der Waals surface area (Å²) in [7, 11) is 4.61. The molecule has 0 aliphatic carbocycles. The maximum absolute atomic E-state index is 12.1. The molecule has 0 aliphatic rings. The number of hydrogen-bond acceptors (Lipinski definition) is 5. The topological polar surface area (TPSA) is 80.3 Å². The van der Waals surface area contributed by atoms with Crippen LogP contribution in [0, 0.1) is 18.3 Å². The Balaban J connectivity index is 2.20. The molecular weight excluding hydrogens is 308 g/mol. The van der Waals surface area contributed by atoms with Gasteiger partial charge in [0, 0.05) is 21.1 Å². The van der Waals surface area contributed by atoms with Gasteiger partial charge in [-0.05, 0) is 19.1 Å². The molecule has 2 aromatic rings. The number of anilines is 1. The normalized spacial score (nSPS) is 10.3. The molecule has 0 unspecified atom stereocenters. The zero-order valence-electron chi connectivity index (χ0n) is 14.2. The van der Waals surface area contributed by atoms with Gasteiger partial charge in [0.05, 0.1) is 6.54 Å². The van der Waals surface area contributed by atoms with Crippen molar-refractivity contribution in [3.05, 3.63) is 56.2 Å². The maximum atomic E-state index is 12.1. The zero-order chi connectivity index (χ0) is 17.9. The van der Waals surface area contributed by atoms with Gasteiger partial charge in [-0.1, -0.05) is 17.7 Å². The van der Waals surface area contributed by atoms with Crippen molar-refractivity contribution in [3.8, 4) is 11.8 Å². The Bertz CT molecular complexity index is 888. The summed E-state index contributed by atoms with van der Waals surface area (Å²) in [6, 6.07) is 9.56. The molecule has 0 saturated carbocycles. The van der Waals surface area contributed by atoms with Crippen LogP contribution in [-0.4, -0.2) is 29.3 Å². The fourth-order valence-corrected chi connectivity index (χ4v) is 2.42. The van der Waals surface area contributed by atoms with Gasteiger partial charge in [0.25, 0.3) is 5.56 Å². The predicted molar refractivity (Wildman–Crippen MR) is 91.6 cm³/mol. The fraction of sp³-hybridized carbons (Fsp3) is 0.353. The van der Waals surface area contributed by atoms with E-state index >= 15 is 0 Å². The lowest BCUT2D eigenvalue weighted by molar-refractivity contribution is 0.325. The van der Waals surface area contributed by atoms with Crippen molar-refractivity contribution in [3.63, 3.8) is 0 Å². The third-order valence-corrected chi connectivity index (χ3v) is 3.82. The second kappa shape index (κ2) is 7.04. The first-order valence-corrected chi connectivity index (χ1v) is 7.47. The number of nitriles is 1. The average Bonchev–Trinajstić information content (AvgIpc) is 2.57. The fourth-order valence-electron chi connectivity index (χ4n) is 2.42. The van der Waals surface area contributed by atoms with Gasteiger partial charge in [0.1, 0.15) is 24.2 Å². The van der Waals surface area contributed by atoms with Crippen LogP contribution in [-0.2, 0) is 14.1 Å². The monoisotopic (exact) mass is 328 g/mol. The summed E-state index contributed by atoms with van der Waals surface area (Å²) < 4.78 is 7.88. The Morgan fingerprint density at radius 3 is 2.38 bits per heavy atom. The van der Waals surface area contributed by atoms with E-state index < -0.39 is 11.2 Å². The van der Waals surface area contributed by atoms with Crippen molar-refractivity contribution in [1.29, 1.82) is 5.26 Å². The van der Waals surface area contributed by atoms with Gasteiger partial charge in [-0.2, -0.15) is 5.26 Å². The number of aromatic nitrogens is 2. The van der Waals surface area contributed by atoms with E-state index in [2.05, 4.69) is 0 Å². The summed E-state index contributed by atoms with van der Waals surface area (Å²) in [6.45, 7) is 2.77. The van der Waals surface area contributed by atoms with E-state index in [1.54, 1.807) is 11.9 Å². The SMILES string of the molecule is Cc1ccc(OCCN(C)c2c(C#N)c(=O)n(C)c(=O)n2C)cc1. The molecule has 0 bridgehead atoms. The lowest BCUT2D eigenvalue weighted by Gasteiger charge is -2.23. The van der Waals surface area contributed by atoms with Gasteiger partial charge in [-0.25, -0.2) is 4.79 Å². The number of benzene rings is 1. The minimum Gasteiger partial charge on any atom is -0.492 e. The Morgan fingerprint density at radius 1 is 1.17 bits per heavy atom. The van der Waals surface area contributed by atoms with E-state index in [1.165, 1.54) is 18.7 Å². The highest BCUT2D eigenvalue weighted by atomic mass is 16.5. The summed E-state index contributed by atoms with van der Waals surface area (Å²) in [4.78, 5) is 25.8. The smallest absolute Gasteiger partial charge is 0.332 e. The minimum absolute atomic E-state index is 0.0579. The first-order chi connectivity index (χ1) is 11.4. The number of rotatable bonds is 5. The molecule has 2 rings (SSSR count). The highest BCUT2D eigenvalue weighted by Crippen LogP contribution is 2.14. The van der Waals surface area contributed by atoms with Crippen LogP contribution in [0.15, 0.2) is 33.9 Å². The van der Waals surface area contributed by atoms with E-state index in [0.29, 0.717) is 13.2 Å². The molecule has 7 heteroatoms. The second-order valence-electron chi connectivity index (χ2n) is 5.60. The largest absolute Gasteiger partial charge is 0.492 e. The molecule has 1 heterocycles. The molecule has 0 amide bonds. The van der Waals surface area contributed by atoms with Crippen molar-refractivity contribution >= 4 is 5.82 Å². The molecular formula is C17H20N4O3. The van der Waals surface area contributed by atoms with Gasteiger partial charge in [-0.3, -0.25) is 13.9 Å². The van der Waals surface area contributed by atoms with Crippen molar-refractivity contribution in [2.45, 2.75) is 6.92 Å². The maximum Gasteiger partial charge on any atom is 0.332 e. The molecule has 0 aliphatic heterocycles. The zero-order valence-corrected chi connectivity index (χ0v) is 14.2. The highest BCUT2D eigenvalue weighted by Gasteiger charge is 2.18. The molecule has 1 aromatic heterocycles. The molecule has 0 atom stereocenters. The standard InChI is InChI=1S/C17H20N4O3/c1-12-5-7-13(8-6-12)24-10-9-19(2)15-14(11-18)16(22)21(4)17(23)20(15)3/h5-8H,9-10H2,1-4H3. The molecule has 7 nitrogen and oxygen atoms in total. The number of aryl methyl sites for hydroxylation is 1. The van der Waals surface area contributed by atoms with E-state index in [9.17, 15) is 14.9 Å². The van der Waals surface area contributed by atoms with Gasteiger partial charge < -0.3 is 9.64 Å². The Morgan fingerprint density at radius 2 is 1.79 bits per heavy atom. The van der Waals surface area contributed by atoms with Crippen LogP contribution in [0.3, 0.4) is 0 Å². The quantitative estimate of drug-likeness (QED) is 0.810. The molecule has 0 fully saturated rings. The Kier molecular flexibility index (Phi) is 5.09. The van der Waals surface area contributed by atoms with Crippen LogP contribution in [0.2, 0.25) is 0 Å². The lowest BCUT2D eigenvalue weighted by Crippen LogP contribution is -2.42. The summed E-state index contributed by atoms with van der Waals surface area (Å²) >= 11 is 0. The number of ether oxygens (including phenoxy) is 1. The number of nitrogens with zero attached hydrogens (tertiary/aromatic N) is 4. The molecule has 126 valence electrons. The molecule has 0 saturated heterocycles.